The van der Waals surface area contributed by atoms with Crippen LogP contribution in [0.15, 0.2) is 59.6 Å². The molecule has 2 heterocycles. The Hall–Kier alpha value is -3.43. The normalized spacial score (nSPS) is 12.0. The molecule has 0 aliphatic rings. The van der Waals surface area contributed by atoms with Gasteiger partial charge >= 0.3 is 0 Å². The number of aromatic nitrogens is 3. The molecular weight excluding hydrogens is 486 g/mol. The van der Waals surface area contributed by atoms with E-state index in [0.717, 1.165) is 17.0 Å². The monoisotopic (exact) mass is 521 g/mol. The molecule has 0 aliphatic heterocycles. The summed E-state index contributed by atoms with van der Waals surface area (Å²) in [6.45, 7) is 11.4. The van der Waals surface area contributed by atoms with Crippen LogP contribution in [-0.2, 0) is 16.6 Å². The van der Waals surface area contributed by atoms with Crippen molar-refractivity contribution >= 4 is 21.5 Å². The van der Waals surface area contributed by atoms with Gasteiger partial charge in [0.05, 0.1) is 12.8 Å². The van der Waals surface area contributed by atoms with Crippen molar-refractivity contribution < 1.29 is 13.2 Å². The Balaban J connectivity index is 1.75. The lowest BCUT2D eigenvalue weighted by atomic mass is 10.1. The van der Waals surface area contributed by atoms with Crippen LogP contribution in [0.1, 0.15) is 50.3 Å². The van der Waals surface area contributed by atoms with Crippen LogP contribution in [0.4, 0.5) is 5.82 Å². The predicted molar refractivity (Wildman–Crippen MR) is 148 cm³/mol. The average Bonchev–Trinajstić information content (AvgIpc) is 3.26. The zero-order valence-corrected chi connectivity index (χ0v) is 23.1. The van der Waals surface area contributed by atoms with Crippen LogP contribution in [0.5, 0.6) is 5.75 Å². The molecule has 4 rings (SSSR count). The molecule has 8 nitrogen and oxygen atoms in total. The number of sulfonamides is 1. The third-order valence-electron chi connectivity index (χ3n) is 6.46. The molecule has 0 unspecified atom stereocenters. The molecule has 2 aromatic heterocycles. The quantitative estimate of drug-likeness (QED) is 0.297. The molecule has 0 amide bonds. The van der Waals surface area contributed by atoms with E-state index in [4.69, 9.17) is 14.8 Å². The van der Waals surface area contributed by atoms with E-state index in [9.17, 15) is 8.42 Å². The molecular formula is C28H35N5O3S. The van der Waals surface area contributed by atoms with Crippen molar-refractivity contribution in [3.63, 3.8) is 0 Å². The molecule has 0 saturated carbocycles. The van der Waals surface area contributed by atoms with Crippen LogP contribution < -0.4 is 10.1 Å². The topological polar surface area (TPSA) is 88.8 Å². The third kappa shape index (κ3) is 5.33. The molecule has 0 saturated heterocycles. The summed E-state index contributed by atoms with van der Waals surface area (Å²) in [5.74, 6) is 1.28. The van der Waals surface area contributed by atoms with Crippen molar-refractivity contribution in [2.75, 3.05) is 25.5 Å². The highest BCUT2D eigenvalue weighted by atomic mass is 32.2. The van der Waals surface area contributed by atoms with Crippen LogP contribution in [0.3, 0.4) is 0 Å². The SMILES string of the molecule is CCN(CC)S(=O)(=O)c1cc(-c2ccn3nc(NCc4ccc(C)cc4)c(C(C)C)c3n2)ccc1OC. The van der Waals surface area contributed by atoms with Crippen molar-refractivity contribution in [3.8, 4) is 17.0 Å². The van der Waals surface area contributed by atoms with Gasteiger partial charge in [0, 0.05) is 37.0 Å². The number of hydrogen-bond acceptors (Lipinski definition) is 6. The molecule has 196 valence electrons. The van der Waals surface area contributed by atoms with Gasteiger partial charge in [0.25, 0.3) is 0 Å². The van der Waals surface area contributed by atoms with Crippen LogP contribution in [0, 0.1) is 6.92 Å². The van der Waals surface area contributed by atoms with Crippen molar-refractivity contribution in [3.05, 3.63) is 71.4 Å². The van der Waals surface area contributed by atoms with Crippen molar-refractivity contribution in [2.45, 2.75) is 52.0 Å². The number of nitrogens with zero attached hydrogens (tertiary/aromatic N) is 4. The van der Waals surface area contributed by atoms with E-state index in [-0.39, 0.29) is 10.8 Å². The summed E-state index contributed by atoms with van der Waals surface area (Å²) in [5, 5.41) is 8.23. The third-order valence-corrected chi connectivity index (χ3v) is 8.53. The van der Waals surface area contributed by atoms with Gasteiger partial charge in [-0.25, -0.2) is 17.9 Å². The molecule has 9 heteroatoms. The molecule has 0 fully saturated rings. The first-order valence-electron chi connectivity index (χ1n) is 12.6. The highest BCUT2D eigenvalue weighted by Crippen LogP contribution is 2.33. The zero-order valence-electron chi connectivity index (χ0n) is 22.3. The number of anilines is 1. The lowest BCUT2D eigenvalue weighted by Gasteiger charge is -2.20. The summed E-state index contributed by atoms with van der Waals surface area (Å²) in [5.41, 5.74) is 5.51. The number of rotatable bonds is 10. The molecule has 0 radical (unpaired) electrons. The Morgan fingerprint density at radius 1 is 1.05 bits per heavy atom. The van der Waals surface area contributed by atoms with Crippen molar-refractivity contribution in [1.82, 2.24) is 18.9 Å². The van der Waals surface area contributed by atoms with Crippen LogP contribution >= 0.6 is 0 Å². The number of ether oxygens (including phenoxy) is 1. The second-order valence-corrected chi connectivity index (χ2v) is 11.2. The largest absolute Gasteiger partial charge is 0.495 e. The first-order valence-corrected chi connectivity index (χ1v) is 14.0. The van der Waals surface area contributed by atoms with Crippen LogP contribution in [0.2, 0.25) is 0 Å². The van der Waals surface area contributed by atoms with Gasteiger partial charge in [-0.2, -0.15) is 4.31 Å². The van der Waals surface area contributed by atoms with Gasteiger partial charge in [0.15, 0.2) is 11.5 Å². The fourth-order valence-corrected chi connectivity index (χ4v) is 6.04. The summed E-state index contributed by atoms with van der Waals surface area (Å²) in [6, 6.07) is 15.4. The fraction of sp³-hybridized carbons (Fsp3) is 0.357. The number of fused-ring (bicyclic) bond motifs is 1. The first kappa shape index (κ1) is 26.6. The minimum Gasteiger partial charge on any atom is -0.495 e. The smallest absolute Gasteiger partial charge is 0.246 e. The Morgan fingerprint density at radius 2 is 1.76 bits per heavy atom. The molecule has 0 bridgehead atoms. The van der Waals surface area contributed by atoms with E-state index in [1.807, 2.05) is 32.2 Å². The maximum Gasteiger partial charge on any atom is 0.246 e. The number of methoxy groups -OCH3 is 1. The van der Waals surface area contributed by atoms with Crippen molar-refractivity contribution in [2.24, 2.45) is 0 Å². The number of benzene rings is 2. The lowest BCUT2D eigenvalue weighted by Crippen LogP contribution is -2.30. The summed E-state index contributed by atoms with van der Waals surface area (Å²) < 4.78 is 35.3. The number of nitrogens with one attached hydrogen (secondary N) is 1. The maximum atomic E-state index is 13.3. The molecule has 2 aromatic carbocycles. The molecule has 0 atom stereocenters. The second kappa shape index (κ2) is 10.9. The number of aryl methyl sites for hydroxylation is 1. The highest BCUT2D eigenvalue weighted by molar-refractivity contribution is 7.89. The zero-order chi connectivity index (χ0) is 26.7. The molecule has 0 spiro atoms. The Labute approximate surface area is 219 Å². The molecule has 4 aromatic rings. The summed E-state index contributed by atoms with van der Waals surface area (Å²) in [4.78, 5) is 5.06. The minimum absolute atomic E-state index is 0.135. The van der Waals surface area contributed by atoms with E-state index >= 15 is 0 Å². The summed E-state index contributed by atoms with van der Waals surface area (Å²) >= 11 is 0. The van der Waals surface area contributed by atoms with Gasteiger partial charge in [-0.1, -0.05) is 57.5 Å². The van der Waals surface area contributed by atoms with E-state index in [1.54, 1.807) is 16.6 Å². The second-order valence-electron chi connectivity index (χ2n) is 9.29. The van der Waals surface area contributed by atoms with Gasteiger partial charge in [-0.3, -0.25) is 0 Å². The Morgan fingerprint density at radius 3 is 2.38 bits per heavy atom. The molecule has 1 N–H and O–H groups in total. The van der Waals surface area contributed by atoms with E-state index < -0.39 is 10.0 Å². The van der Waals surface area contributed by atoms with Gasteiger partial charge in [0.2, 0.25) is 10.0 Å². The van der Waals surface area contributed by atoms with Gasteiger partial charge < -0.3 is 10.1 Å². The Kier molecular flexibility index (Phi) is 7.85. The summed E-state index contributed by atoms with van der Waals surface area (Å²) in [7, 11) is -2.24. The maximum absolute atomic E-state index is 13.3. The number of hydrogen-bond donors (Lipinski definition) is 1. The molecule has 0 aliphatic carbocycles. The van der Waals surface area contributed by atoms with Crippen LogP contribution in [0.25, 0.3) is 16.9 Å². The highest BCUT2D eigenvalue weighted by Gasteiger charge is 2.26. The molecule has 37 heavy (non-hydrogen) atoms. The van der Waals surface area contributed by atoms with Crippen LogP contribution in [-0.4, -0.2) is 47.5 Å². The van der Waals surface area contributed by atoms with E-state index in [0.29, 0.717) is 36.6 Å². The fourth-order valence-electron chi connectivity index (χ4n) is 4.40. The lowest BCUT2D eigenvalue weighted by molar-refractivity contribution is 0.395. The Bertz CT molecular complexity index is 1490. The van der Waals surface area contributed by atoms with Gasteiger partial charge in [-0.05, 0) is 42.7 Å². The summed E-state index contributed by atoms with van der Waals surface area (Å²) in [6.07, 6.45) is 1.86. The first-order chi connectivity index (χ1) is 17.7. The van der Waals surface area contributed by atoms with Crippen molar-refractivity contribution in [1.29, 1.82) is 0 Å². The van der Waals surface area contributed by atoms with Gasteiger partial charge in [0.1, 0.15) is 10.6 Å². The standard InChI is InChI=1S/C28H35N5O3S/c1-7-32(8-2)37(34,35)25-17-22(13-14-24(25)36-6)23-15-16-33-28(30-23)26(19(3)4)27(31-33)29-18-21-11-9-20(5)10-12-21/h9-17,19H,7-8,18H2,1-6H3,(H,29,31). The van der Waals surface area contributed by atoms with Gasteiger partial charge in [-0.15, -0.1) is 5.10 Å². The average molecular weight is 522 g/mol. The predicted octanol–water partition coefficient (Wildman–Crippen LogP) is 5.48. The van der Waals surface area contributed by atoms with E-state index in [2.05, 4.69) is 50.4 Å². The van der Waals surface area contributed by atoms with E-state index in [1.165, 1.54) is 22.5 Å². The minimum atomic E-state index is -3.72.